The average Bonchev–Trinajstić information content (AvgIpc) is 3.28. The predicted octanol–water partition coefficient (Wildman–Crippen LogP) is 1.29. The number of likely N-dealkylation sites (tertiary alicyclic amines) is 1. The first-order chi connectivity index (χ1) is 12.2. The minimum absolute atomic E-state index is 0.0468. The Balaban J connectivity index is 1.28. The Hall–Kier alpha value is -1.57. The lowest BCUT2D eigenvalue weighted by Gasteiger charge is -2.24. The molecule has 4 heterocycles. The van der Waals surface area contributed by atoms with Crippen LogP contribution in [0.15, 0.2) is 18.6 Å². The number of nitrogens with zero attached hydrogens (tertiary/aromatic N) is 3. The number of ether oxygens (including phenoxy) is 3. The molecule has 3 aliphatic rings. The zero-order valence-corrected chi connectivity index (χ0v) is 14.4. The van der Waals surface area contributed by atoms with Gasteiger partial charge in [0.2, 0.25) is 0 Å². The van der Waals surface area contributed by atoms with Crippen LogP contribution in [0.4, 0.5) is 0 Å². The molecular weight excluding hydrogens is 322 g/mol. The van der Waals surface area contributed by atoms with Crippen LogP contribution in [0.5, 0.6) is 0 Å². The highest BCUT2D eigenvalue weighted by Crippen LogP contribution is 2.37. The molecule has 3 aliphatic heterocycles. The molecule has 1 aromatic rings. The normalized spacial score (nSPS) is 30.2. The first-order valence-corrected chi connectivity index (χ1v) is 9.13. The van der Waals surface area contributed by atoms with Crippen LogP contribution >= 0.6 is 0 Å². The van der Waals surface area contributed by atoms with E-state index in [1.54, 1.807) is 12.3 Å². The second-order valence-corrected chi connectivity index (χ2v) is 7.28. The molecule has 0 saturated carbocycles. The fraction of sp³-hybridized carbons (Fsp3) is 0.722. The van der Waals surface area contributed by atoms with Crippen LogP contribution in [0.25, 0.3) is 0 Å². The van der Waals surface area contributed by atoms with Crippen molar-refractivity contribution in [3.63, 3.8) is 0 Å². The van der Waals surface area contributed by atoms with Gasteiger partial charge < -0.3 is 19.1 Å². The molecular formula is C18H25N3O4. The Morgan fingerprint density at radius 2 is 2.28 bits per heavy atom. The van der Waals surface area contributed by atoms with E-state index < -0.39 is 0 Å². The Kier molecular flexibility index (Phi) is 4.96. The number of amides is 1. The standard InChI is InChI=1S/C18H25N3O4/c22-17(16-1-5-19-13-20-16)21-6-4-18(12-21)9-15(11-25-18)24-10-14-2-7-23-8-3-14/h1,5,13-15H,2-4,6-12H2/t15-,18-/m0/s1. The van der Waals surface area contributed by atoms with Gasteiger partial charge in [0.25, 0.3) is 5.91 Å². The Morgan fingerprint density at radius 3 is 3.08 bits per heavy atom. The molecule has 0 radical (unpaired) electrons. The van der Waals surface area contributed by atoms with Crippen molar-refractivity contribution < 1.29 is 19.0 Å². The molecule has 25 heavy (non-hydrogen) atoms. The summed E-state index contributed by atoms with van der Waals surface area (Å²) in [6.45, 7) is 4.43. The topological polar surface area (TPSA) is 73.8 Å². The molecule has 3 fully saturated rings. The summed E-state index contributed by atoms with van der Waals surface area (Å²) >= 11 is 0. The van der Waals surface area contributed by atoms with Crippen LogP contribution in [-0.2, 0) is 14.2 Å². The second-order valence-electron chi connectivity index (χ2n) is 7.28. The van der Waals surface area contributed by atoms with Crippen molar-refractivity contribution in [2.75, 3.05) is 39.5 Å². The lowest BCUT2D eigenvalue weighted by molar-refractivity contribution is -0.0186. The molecule has 136 valence electrons. The van der Waals surface area contributed by atoms with E-state index in [0.717, 1.165) is 45.5 Å². The van der Waals surface area contributed by atoms with E-state index in [4.69, 9.17) is 14.2 Å². The molecule has 1 aromatic heterocycles. The molecule has 1 spiro atoms. The van der Waals surface area contributed by atoms with Crippen LogP contribution in [0, 0.1) is 5.92 Å². The molecule has 4 rings (SSSR count). The summed E-state index contributed by atoms with van der Waals surface area (Å²) < 4.78 is 17.6. The molecule has 0 bridgehead atoms. The van der Waals surface area contributed by atoms with Gasteiger partial charge in [-0.3, -0.25) is 4.79 Å². The van der Waals surface area contributed by atoms with Crippen LogP contribution in [0.1, 0.15) is 36.2 Å². The molecule has 0 aliphatic carbocycles. The van der Waals surface area contributed by atoms with E-state index in [1.807, 2.05) is 4.90 Å². The minimum atomic E-state index is -0.247. The number of hydrogen-bond donors (Lipinski definition) is 0. The van der Waals surface area contributed by atoms with Gasteiger partial charge in [0, 0.05) is 32.4 Å². The van der Waals surface area contributed by atoms with Gasteiger partial charge in [-0.1, -0.05) is 0 Å². The van der Waals surface area contributed by atoms with Crippen molar-refractivity contribution in [1.29, 1.82) is 0 Å². The lowest BCUT2D eigenvalue weighted by atomic mass is 9.98. The Morgan fingerprint density at radius 1 is 1.40 bits per heavy atom. The molecule has 0 unspecified atom stereocenters. The maximum absolute atomic E-state index is 12.5. The van der Waals surface area contributed by atoms with Crippen molar-refractivity contribution in [1.82, 2.24) is 14.9 Å². The summed E-state index contributed by atoms with van der Waals surface area (Å²) in [5.41, 5.74) is 0.195. The molecule has 7 nitrogen and oxygen atoms in total. The third-order valence-electron chi connectivity index (χ3n) is 5.49. The van der Waals surface area contributed by atoms with Gasteiger partial charge in [-0.25, -0.2) is 9.97 Å². The van der Waals surface area contributed by atoms with Crippen LogP contribution in [-0.4, -0.2) is 72.0 Å². The van der Waals surface area contributed by atoms with Gasteiger partial charge in [0.1, 0.15) is 12.0 Å². The van der Waals surface area contributed by atoms with Gasteiger partial charge in [0.15, 0.2) is 0 Å². The molecule has 2 atom stereocenters. The quantitative estimate of drug-likeness (QED) is 0.817. The second kappa shape index (κ2) is 7.35. The van der Waals surface area contributed by atoms with E-state index >= 15 is 0 Å². The summed E-state index contributed by atoms with van der Waals surface area (Å²) in [6, 6.07) is 1.66. The third-order valence-corrected chi connectivity index (χ3v) is 5.49. The third kappa shape index (κ3) is 3.83. The monoisotopic (exact) mass is 347 g/mol. The summed E-state index contributed by atoms with van der Waals surface area (Å²) in [5.74, 6) is 0.555. The van der Waals surface area contributed by atoms with Crippen molar-refractivity contribution in [3.8, 4) is 0 Å². The predicted molar refractivity (Wildman–Crippen MR) is 89.1 cm³/mol. The highest BCUT2D eigenvalue weighted by atomic mass is 16.6. The van der Waals surface area contributed by atoms with Crippen LogP contribution in [0.2, 0.25) is 0 Å². The van der Waals surface area contributed by atoms with Gasteiger partial charge in [-0.15, -0.1) is 0 Å². The highest BCUT2D eigenvalue weighted by Gasteiger charge is 2.47. The minimum Gasteiger partial charge on any atom is -0.381 e. The SMILES string of the molecule is O=C(c1ccncn1)N1CC[C@]2(C[C@H](OCC3CCOCC3)CO2)C1. The van der Waals surface area contributed by atoms with Gasteiger partial charge in [-0.2, -0.15) is 0 Å². The number of hydrogen-bond acceptors (Lipinski definition) is 6. The van der Waals surface area contributed by atoms with Gasteiger partial charge >= 0.3 is 0 Å². The zero-order chi connectivity index (χ0) is 17.1. The first-order valence-electron chi connectivity index (χ1n) is 9.13. The summed E-state index contributed by atoms with van der Waals surface area (Å²) in [7, 11) is 0. The van der Waals surface area contributed by atoms with Crippen LogP contribution in [0.3, 0.4) is 0 Å². The van der Waals surface area contributed by atoms with Crippen LogP contribution < -0.4 is 0 Å². The molecule has 3 saturated heterocycles. The molecule has 0 aromatic carbocycles. The first kappa shape index (κ1) is 16.9. The fourth-order valence-corrected chi connectivity index (χ4v) is 3.98. The van der Waals surface area contributed by atoms with Crippen molar-refractivity contribution >= 4 is 5.91 Å². The van der Waals surface area contributed by atoms with Gasteiger partial charge in [0.05, 0.1) is 31.5 Å². The Bertz CT molecular complexity index is 593. The summed E-state index contributed by atoms with van der Waals surface area (Å²) in [4.78, 5) is 22.3. The maximum Gasteiger partial charge on any atom is 0.272 e. The lowest BCUT2D eigenvalue weighted by Crippen LogP contribution is -2.36. The maximum atomic E-state index is 12.5. The molecule has 7 heteroatoms. The largest absolute Gasteiger partial charge is 0.381 e. The summed E-state index contributed by atoms with van der Waals surface area (Å²) in [6.07, 6.45) is 7.03. The summed E-state index contributed by atoms with van der Waals surface area (Å²) in [5, 5.41) is 0. The zero-order valence-electron chi connectivity index (χ0n) is 14.4. The van der Waals surface area contributed by atoms with Crippen molar-refractivity contribution in [2.45, 2.75) is 37.4 Å². The van der Waals surface area contributed by atoms with Gasteiger partial charge in [-0.05, 0) is 31.2 Å². The molecule has 0 N–H and O–H groups in total. The van der Waals surface area contributed by atoms with E-state index in [1.165, 1.54) is 6.33 Å². The van der Waals surface area contributed by atoms with Crippen molar-refractivity contribution in [3.05, 3.63) is 24.3 Å². The number of aromatic nitrogens is 2. The highest BCUT2D eigenvalue weighted by molar-refractivity contribution is 5.92. The van der Waals surface area contributed by atoms with Crippen molar-refractivity contribution in [2.24, 2.45) is 5.92 Å². The Labute approximate surface area is 147 Å². The van der Waals surface area contributed by atoms with E-state index in [0.29, 0.717) is 31.3 Å². The van der Waals surface area contributed by atoms with E-state index in [-0.39, 0.29) is 17.6 Å². The smallest absolute Gasteiger partial charge is 0.272 e. The van der Waals surface area contributed by atoms with E-state index in [2.05, 4.69) is 9.97 Å². The molecule has 1 amide bonds. The van der Waals surface area contributed by atoms with E-state index in [9.17, 15) is 4.79 Å². The number of rotatable bonds is 4. The average molecular weight is 347 g/mol. The number of carbonyl (C=O) groups is 1. The fourth-order valence-electron chi connectivity index (χ4n) is 3.98. The number of carbonyl (C=O) groups excluding carboxylic acids is 1.